The number of unbranched alkanes of at least 4 members (excludes halogenated alkanes) is 1. The molecule has 0 aliphatic rings. The molecule has 0 unspecified atom stereocenters. The Labute approximate surface area is 159 Å². The second-order valence-corrected chi connectivity index (χ2v) is 6.38. The zero-order valence-corrected chi connectivity index (χ0v) is 15.1. The summed E-state index contributed by atoms with van der Waals surface area (Å²) >= 11 is 5.80. The number of nitrogens with one attached hydrogen (secondary N) is 2. The van der Waals surface area contributed by atoms with Crippen molar-refractivity contribution >= 4 is 34.5 Å². The molecule has 0 spiro atoms. The Hall–Kier alpha value is -2.93. The van der Waals surface area contributed by atoms with Crippen LogP contribution in [0.25, 0.3) is 11.0 Å². The molecule has 8 heteroatoms. The van der Waals surface area contributed by atoms with Gasteiger partial charge in [-0.2, -0.15) is 5.48 Å². The van der Waals surface area contributed by atoms with Gasteiger partial charge >= 0.3 is 5.97 Å². The number of halogens is 2. The second kappa shape index (κ2) is 8.64. The Kier molecular flexibility index (Phi) is 6.03. The number of fused-ring (bicyclic) bond motifs is 1. The Morgan fingerprint density at radius 2 is 1.93 bits per heavy atom. The van der Waals surface area contributed by atoms with E-state index in [0.717, 1.165) is 23.8 Å². The van der Waals surface area contributed by atoms with Crippen LogP contribution in [0.3, 0.4) is 0 Å². The molecule has 2 heterocycles. The monoisotopic (exact) mass is 389 g/mol. The molecule has 0 aliphatic heterocycles. The Balaban J connectivity index is 1.40. The fourth-order valence-corrected chi connectivity index (χ4v) is 2.71. The van der Waals surface area contributed by atoms with Crippen molar-refractivity contribution in [1.82, 2.24) is 15.4 Å². The molecule has 1 amide bonds. The molecule has 27 heavy (non-hydrogen) atoms. The van der Waals surface area contributed by atoms with E-state index in [1.807, 2.05) is 0 Å². The quantitative estimate of drug-likeness (QED) is 0.379. The van der Waals surface area contributed by atoms with Gasteiger partial charge in [0.05, 0.1) is 0 Å². The van der Waals surface area contributed by atoms with E-state index in [2.05, 4.69) is 15.4 Å². The van der Waals surface area contributed by atoms with Gasteiger partial charge in [0.1, 0.15) is 22.3 Å². The van der Waals surface area contributed by atoms with Gasteiger partial charge in [-0.05, 0) is 55.2 Å². The zero-order chi connectivity index (χ0) is 19.2. The van der Waals surface area contributed by atoms with Crippen LogP contribution >= 0.6 is 11.6 Å². The number of rotatable bonds is 6. The summed E-state index contributed by atoms with van der Waals surface area (Å²) < 4.78 is 12.8. The molecule has 3 aromatic rings. The van der Waals surface area contributed by atoms with Crippen LogP contribution < -0.4 is 5.48 Å². The Morgan fingerprint density at radius 1 is 1.15 bits per heavy atom. The molecule has 2 aromatic heterocycles. The van der Waals surface area contributed by atoms with Crippen molar-refractivity contribution in [2.45, 2.75) is 25.7 Å². The van der Waals surface area contributed by atoms with Gasteiger partial charge in [0.25, 0.3) is 5.91 Å². The summed E-state index contributed by atoms with van der Waals surface area (Å²) in [6.45, 7) is 0. The van der Waals surface area contributed by atoms with Crippen LogP contribution in [0.15, 0.2) is 42.5 Å². The minimum absolute atomic E-state index is 0.172. The molecule has 2 N–H and O–H groups in total. The normalized spacial score (nSPS) is 10.7. The summed E-state index contributed by atoms with van der Waals surface area (Å²) in [7, 11) is 0. The predicted molar refractivity (Wildman–Crippen MR) is 98.6 cm³/mol. The van der Waals surface area contributed by atoms with Gasteiger partial charge in [-0.25, -0.2) is 14.2 Å². The maximum absolute atomic E-state index is 12.8. The molecule has 0 radical (unpaired) electrons. The lowest BCUT2D eigenvalue weighted by molar-refractivity contribution is -0.149. The van der Waals surface area contributed by atoms with Gasteiger partial charge in [0, 0.05) is 11.8 Å². The van der Waals surface area contributed by atoms with E-state index in [1.165, 1.54) is 12.1 Å². The molecular weight excluding hydrogens is 373 g/mol. The molecule has 1 aromatic carbocycles. The first kappa shape index (κ1) is 18.8. The third-order valence-electron chi connectivity index (χ3n) is 3.96. The maximum atomic E-state index is 12.8. The number of aromatic amines is 1. The van der Waals surface area contributed by atoms with Crippen molar-refractivity contribution in [2.24, 2.45) is 0 Å². The third kappa shape index (κ3) is 5.27. The summed E-state index contributed by atoms with van der Waals surface area (Å²) in [5.41, 5.74) is 3.81. The van der Waals surface area contributed by atoms with Crippen LogP contribution in [-0.4, -0.2) is 21.8 Å². The van der Waals surface area contributed by atoms with Crippen molar-refractivity contribution in [2.75, 3.05) is 0 Å². The molecule has 0 saturated carbocycles. The van der Waals surface area contributed by atoms with Crippen molar-refractivity contribution in [3.05, 3.63) is 64.7 Å². The third-order valence-corrected chi connectivity index (χ3v) is 4.17. The van der Waals surface area contributed by atoms with E-state index in [1.54, 1.807) is 30.3 Å². The molecular formula is C19H17ClFN3O3. The summed E-state index contributed by atoms with van der Waals surface area (Å²) in [5.74, 6) is -1.38. The topological polar surface area (TPSA) is 84.1 Å². The molecule has 3 rings (SSSR count). The molecule has 0 bridgehead atoms. The van der Waals surface area contributed by atoms with E-state index < -0.39 is 11.9 Å². The summed E-state index contributed by atoms with van der Waals surface area (Å²) in [4.78, 5) is 35.4. The van der Waals surface area contributed by atoms with E-state index in [-0.39, 0.29) is 17.9 Å². The molecule has 0 atom stereocenters. The average Bonchev–Trinajstić information content (AvgIpc) is 3.08. The van der Waals surface area contributed by atoms with E-state index in [4.69, 9.17) is 16.4 Å². The fourth-order valence-electron chi connectivity index (χ4n) is 2.56. The van der Waals surface area contributed by atoms with Gasteiger partial charge < -0.3 is 9.82 Å². The predicted octanol–water partition coefficient (Wildman–Crippen LogP) is 3.96. The minimum atomic E-state index is -0.580. The van der Waals surface area contributed by atoms with Crippen LogP contribution in [0, 0.1) is 5.82 Å². The molecule has 140 valence electrons. The summed E-state index contributed by atoms with van der Waals surface area (Å²) in [5, 5.41) is 1.03. The van der Waals surface area contributed by atoms with Gasteiger partial charge in [0.2, 0.25) is 0 Å². The number of nitrogens with zero attached hydrogens (tertiary/aromatic N) is 1. The van der Waals surface area contributed by atoms with E-state index in [0.29, 0.717) is 17.2 Å². The van der Waals surface area contributed by atoms with Crippen LogP contribution in [0.2, 0.25) is 5.15 Å². The highest BCUT2D eigenvalue weighted by atomic mass is 35.5. The number of benzene rings is 1. The van der Waals surface area contributed by atoms with Crippen LogP contribution in [0.1, 0.15) is 35.3 Å². The smallest absolute Gasteiger partial charge is 0.332 e. The average molecular weight is 390 g/mol. The van der Waals surface area contributed by atoms with Gasteiger partial charge in [-0.15, -0.1) is 0 Å². The SMILES string of the molecule is O=C(CCCCc1ccc(F)cc1)ONC(=O)c1cc2ccc(Cl)nc2[nH]1. The Bertz CT molecular complexity index is 956. The Morgan fingerprint density at radius 3 is 2.70 bits per heavy atom. The van der Waals surface area contributed by atoms with Gasteiger partial charge in [-0.1, -0.05) is 23.7 Å². The number of amides is 1. The highest BCUT2D eigenvalue weighted by Gasteiger charge is 2.12. The lowest BCUT2D eigenvalue weighted by atomic mass is 10.1. The largest absolute Gasteiger partial charge is 0.340 e. The lowest BCUT2D eigenvalue weighted by Crippen LogP contribution is -2.27. The standard InChI is InChI=1S/C19H17ClFN3O3/c20-16-10-7-13-11-15(22-18(13)23-16)19(26)24-27-17(25)4-2-1-3-12-5-8-14(21)9-6-12/h5-11H,1-4H2,(H,22,23)(H,24,26). The maximum Gasteiger partial charge on any atom is 0.332 e. The van der Waals surface area contributed by atoms with Crippen molar-refractivity contribution in [1.29, 1.82) is 0 Å². The van der Waals surface area contributed by atoms with Crippen molar-refractivity contribution < 1.29 is 18.8 Å². The highest BCUT2D eigenvalue weighted by molar-refractivity contribution is 6.29. The van der Waals surface area contributed by atoms with E-state index >= 15 is 0 Å². The number of hydrogen-bond donors (Lipinski definition) is 2. The molecule has 0 saturated heterocycles. The molecule has 0 aliphatic carbocycles. The first-order valence-corrected chi connectivity index (χ1v) is 8.79. The van der Waals surface area contributed by atoms with Crippen LogP contribution in [0.5, 0.6) is 0 Å². The van der Waals surface area contributed by atoms with Gasteiger partial charge in [-0.3, -0.25) is 4.79 Å². The number of carbonyl (C=O) groups is 2. The minimum Gasteiger partial charge on any atom is -0.340 e. The lowest BCUT2D eigenvalue weighted by Gasteiger charge is -2.05. The van der Waals surface area contributed by atoms with E-state index in [9.17, 15) is 14.0 Å². The number of pyridine rings is 1. The number of carbonyl (C=O) groups excluding carboxylic acids is 2. The number of hydroxylamine groups is 1. The summed E-state index contributed by atoms with van der Waals surface area (Å²) in [6.07, 6.45) is 2.26. The number of hydrogen-bond acceptors (Lipinski definition) is 4. The van der Waals surface area contributed by atoms with Crippen molar-refractivity contribution in [3.63, 3.8) is 0 Å². The first-order valence-electron chi connectivity index (χ1n) is 8.41. The second-order valence-electron chi connectivity index (χ2n) is 5.99. The number of H-pyrrole nitrogens is 1. The number of aryl methyl sites for hydroxylation is 1. The molecule has 0 fully saturated rings. The molecule has 6 nitrogen and oxygen atoms in total. The number of aromatic nitrogens is 2. The van der Waals surface area contributed by atoms with Crippen LogP contribution in [-0.2, 0) is 16.1 Å². The highest BCUT2D eigenvalue weighted by Crippen LogP contribution is 2.16. The fraction of sp³-hybridized carbons (Fsp3) is 0.211. The van der Waals surface area contributed by atoms with Gasteiger partial charge in [0.15, 0.2) is 0 Å². The zero-order valence-electron chi connectivity index (χ0n) is 14.3. The van der Waals surface area contributed by atoms with Crippen molar-refractivity contribution in [3.8, 4) is 0 Å². The summed E-state index contributed by atoms with van der Waals surface area (Å²) in [6, 6.07) is 11.2. The first-order chi connectivity index (χ1) is 13.0. The van der Waals surface area contributed by atoms with Crippen LogP contribution in [0.4, 0.5) is 4.39 Å².